The van der Waals surface area contributed by atoms with Crippen LogP contribution in [0.3, 0.4) is 0 Å². The van der Waals surface area contributed by atoms with Crippen LogP contribution >= 0.6 is 11.3 Å². The highest BCUT2D eigenvalue weighted by atomic mass is 32.1. The van der Waals surface area contributed by atoms with Crippen LogP contribution in [0.2, 0.25) is 0 Å². The van der Waals surface area contributed by atoms with Gasteiger partial charge < -0.3 is 9.32 Å². The Bertz CT molecular complexity index is 2150. The number of hydrogen-bond donors (Lipinski definition) is 0. The molecule has 2 nitrogen and oxygen atoms in total. The quantitative estimate of drug-likeness (QED) is 0.224. The van der Waals surface area contributed by atoms with E-state index in [1.807, 2.05) is 11.3 Å². The number of benzene rings is 6. The Balaban J connectivity index is 1.35. The molecule has 0 unspecified atom stereocenters. The summed E-state index contributed by atoms with van der Waals surface area (Å²) in [6.07, 6.45) is 0. The van der Waals surface area contributed by atoms with Crippen LogP contribution in [0.15, 0.2) is 138 Å². The van der Waals surface area contributed by atoms with Gasteiger partial charge in [-0.05, 0) is 66.6 Å². The molecule has 8 rings (SSSR count). The first-order valence-corrected chi connectivity index (χ1v) is 14.3. The molecule has 190 valence electrons. The van der Waals surface area contributed by atoms with Crippen molar-refractivity contribution in [1.82, 2.24) is 0 Å². The van der Waals surface area contributed by atoms with Crippen LogP contribution in [-0.2, 0) is 0 Å². The monoisotopic (exact) mass is 531 g/mol. The lowest BCUT2D eigenvalue weighted by Crippen LogP contribution is -2.10. The lowest BCUT2D eigenvalue weighted by Gasteiger charge is -2.25. The summed E-state index contributed by atoms with van der Waals surface area (Å²) in [6.45, 7) is 2.12. The van der Waals surface area contributed by atoms with E-state index in [1.54, 1.807) is 0 Å². The third-order valence-electron chi connectivity index (χ3n) is 7.75. The molecule has 0 radical (unpaired) electrons. The van der Waals surface area contributed by atoms with E-state index in [2.05, 4.69) is 145 Å². The molecule has 0 amide bonds. The maximum absolute atomic E-state index is 6.86. The second kappa shape index (κ2) is 9.11. The molecular weight excluding hydrogens is 506 g/mol. The summed E-state index contributed by atoms with van der Waals surface area (Å²) >= 11 is 1.82. The van der Waals surface area contributed by atoms with E-state index in [1.165, 1.54) is 36.9 Å². The SMILES string of the molecule is Cc1ccc(-c2ccc(N(c3ccccc3)c3cccc4c3oc3c4ccc4sc5ccccc5c43)cc2)cc1. The Morgan fingerprint density at radius 3 is 1.95 bits per heavy atom. The first-order chi connectivity index (χ1) is 19.7. The van der Waals surface area contributed by atoms with Gasteiger partial charge in [0, 0.05) is 42.3 Å². The number of fused-ring (bicyclic) bond motifs is 7. The molecule has 3 heteroatoms. The fraction of sp³-hybridized carbons (Fsp3) is 0.0270. The van der Waals surface area contributed by atoms with Gasteiger partial charge >= 0.3 is 0 Å². The number of anilines is 3. The minimum Gasteiger partial charge on any atom is -0.453 e. The highest BCUT2D eigenvalue weighted by Gasteiger charge is 2.21. The van der Waals surface area contributed by atoms with E-state index in [4.69, 9.17) is 4.42 Å². The van der Waals surface area contributed by atoms with Crippen molar-refractivity contribution in [3.63, 3.8) is 0 Å². The van der Waals surface area contributed by atoms with Crippen molar-refractivity contribution in [1.29, 1.82) is 0 Å². The zero-order chi connectivity index (χ0) is 26.6. The van der Waals surface area contributed by atoms with Gasteiger partial charge in [-0.1, -0.05) is 90.5 Å². The maximum Gasteiger partial charge on any atom is 0.159 e. The fourth-order valence-electron chi connectivity index (χ4n) is 5.78. The molecule has 0 aliphatic heterocycles. The molecule has 6 aromatic carbocycles. The molecule has 2 heterocycles. The van der Waals surface area contributed by atoms with Gasteiger partial charge in [0.15, 0.2) is 5.58 Å². The average molecular weight is 532 g/mol. The van der Waals surface area contributed by atoms with Crippen LogP contribution < -0.4 is 4.90 Å². The van der Waals surface area contributed by atoms with E-state index in [0.717, 1.165) is 39.0 Å². The molecule has 0 saturated carbocycles. The van der Waals surface area contributed by atoms with Gasteiger partial charge in [0.1, 0.15) is 5.58 Å². The van der Waals surface area contributed by atoms with E-state index in [-0.39, 0.29) is 0 Å². The Hall–Kier alpha value is -4.86. The number of hydrogen-bond acceptors (Lipinski definition) is 3. The second-order valence-corrected chi connectivity index (χ2v) is 11.3. The normalized spacial score (nSPS) is 11.6. The summed E-state index contributed by atoms with van der Waals surface area (Å²) < 4.78 is 9.39. The molecule has 0 atom stereocenters. The summed E-state index contributed by atoms with van der Waals surface area (Å²) in [4.78, 5) is 2.30. The third kappa shape index (κ3) is 3.63. The zero-order valence-electron chi connectivity index (χ0n) is 22.0. The molecule has 2 aromatic heterocycles. The van der Waals surface area contributed by atoms with Crippen LogP contribution in [0.5, 0.6) is 0 Å². The van der Waals surface area contributed by atoms with Crippen LogP contribution in [-0.4, -0.2) is 0 Å². The minimum absolute atomic E-state index is 0.895. The van der Waals surface area contributed by atoms with Crippen molar-refractivity contribution in [3.8, 4) is 11.1 Å². The van der Waals surface area contributed by atoms with Gasteiger partial charge in [-0.25, -0.2) is 0 Å². The Morgan fingerprint density at radius 1 is 0.500 bits per heavy atom. The first kappa shape index (κ1) is 23.1. The van der Waals surface area contributed by atoms with E-state index < -0.39 is 0 Å². The molecule has 40 heavy (non-hydrogen) atoms. The highest BCUT2D eigenvalue weighted by molar-refractivity contribution is 7.26. The van der Waals surface area contributed by atoms with Gasteiger partial charge in [-0.15, -0.1) is 11.3 Å². The molecule has 0 N–H and O–H groups in total. The molecular formula is C37H25NOS. The smallest absolute Gasteiger partial charge is 0.159 e. The topological polar surface area (TPSA) is 16.4 Å². The van der Waals surface area contributed by atoms with Gasteiger partial charge in [0.05, 0.1) is 5.69 Å². The van der Waals surface area contributed by atoms with Crippen LogP contribution in [0, 0.1) is 6.92 Å². The van der Waals surface area contributed by atoms with Crippen LogP contribution in [0.25, 0.3) is 53.2 Å². The molecule has 0 aliphatic rings. The van der Waals surface area contributed by atoms with E-state index in [9.17, 15) is 0 Å². The Labute approximate surface area is 236 Å². The number of rotatable bonds is 4. The van der Waals surface area contributed by atoms with Gasteiger partial charge in [-0.3, -0.25) is 0 Å². The molecule has 0 fully saturated rings. The molecule has 0 spiro atoms. The van der Waals surface area contributed by atoms with Crippen molar-refractivity contribution < 1.29 is 4.42 Å². The van der Waals surface area contributed by atoms with Gasteiger partial charge in [0.2, 0.25) is 0 Å². The van der Waals surface area contributed by atoms with Crippen molar-refractivity contribution in [2.24, 2.45) is 0 Å². The standard InChI is InChI=1S/C37H25NOS/c1-24-14-16-25(17-15-24)26-18-20-28(21-19-26)38(27-8-3-2-4-9-27)32-12-7-11-29-30-22-23-34-35(37(30)39-36(29)32)31-10-5-6-13-33(31)40-34/h2-23H,1H3. The largest absolute Gasteiger partial charge is 0.453 e. The predicted molar refractivity (Wildman–Crippen MR) is 171 cm³/mol. The number of furan rings is 1. The summed E-state index contributed by atoms with van der Waals surface area (Å²) in [5.41, 5.74) is 8.73. The number of thiophene rings is 1. The number of aryl methyl sites for hydroxylation is 1. The molecule has 0 aliphatic carbocycles. The van der Waals surface area contributed by atoms with Gasteiger partial charge in [0.25, 0.3) is 0 Å². The fourth-order valence-corrected chi connectivity index (χ4v) is 6.88. The van der Waals surface area contributed by atoms with Crippen molar-refractivity contribution in [3.05, 3.63) is 139 Å². The van der Waals surface area contributed by atoms with E-state index in [0.29, 0.717) is 0 Å². The van der Waals surface area contributed by atoms with Gasteiger partial charge in [-0.2, -0.15) is 0 Å². The summed E-state index contributed by atoms with van der Waals surface area (Å²) in [5, 5.41) is 4.73. The summed E-state index contributed by atoms with van der Waals surface area (Å²) in [5.74, 6) is 0. The number of nitrogens with zero attached hydrogens (tertiary/aromatic N) is 1. The first-order valence-electron chi connectivity index (χ1n) is 13.5. The van der Waals surface area contributed by atoms with Crippen LogP contribution in [0.4, 0.5) is 17.1 Å². The van der Waals surface area contributed by atoms with Crippen molar-refractivity contribution >= 4 is 70.5 Å². The third-order valence-corrected chi connectivity index (χ3v) is 8.89. The van der Waals surface area contributed by atoms with Crippen molar-refractivity contribution in [2.75, 3.05) is 4.90 Å². The Kier molecular flexibility index (Phi) is 5.26. The average Bonchev–Trinajstić information content (AvgIpc) is 3.57. The van der Waals surface area contributed by atoms with Crippen molar-refractivity contribution in [2.45, 2.75) is 6.92 Å². The summed E-state index contributed by atoms with van der Waals surface area (Å²) in [7, 11) is 0. The predicted octanol–water partition coefficient (Wildman–Crippen LogP) is 11.4. The molecule has 0 bridgehead atoms. The van der Waals surface area contributed by atoms with Crippen LogP contribution in [0.1, 0.15) is 5.56 Å². The molecule has 8 aromatic rings. The van der Waals surface area contributed by atoms with E-state index >= 15 is 0 Å². The second-order valence-electron chi connectivity index (χ2n) is 10.3. The zero-order valence-corrected chi connectivity index (χ0v) is 22.8. The minimum atomic E-state index is 0.895. The lowest BCUT2D eigenvalue weighted by molar-refractivity contribution is 0.673. The molecule has 0 saturated heterocycles. The lowest BCUT2D eigenvalue weighted by atomic mass is 10.0. The number of para-hydroxylation sites is 2. The summed E-state index contributed by atoms with van der Waals surface area (Å²) in [6, 6.07) is 47.6. The maximum atomic E-state index is 6.86. The Morgan fingerprint density at radius 2 is 1.15 bits per heavy atom. The highest BCUT2D eigenvalue weighted by Crippen LogP contribution is 2.46.